The van der Waals surface area contributed by atoms with E-state index in [0.29, 0.717) is 31.7 Å². The molecule has 2 heterocycles. The summed E-state index contributed by atoms with van der Waals surface area (Å²) in [7, 11) is 0. The van der Waals surface area contributed by atoms with Crippen molar-refractivity contribution in [2.75, 3.05) is 18.4 Å². The van der Waals surface area contributed by atoms with Gasteiger partial charge in [-0.1, -0.05) is 13.8 Å². The Kier molecular flexibility index (Phi) is 6.29. The number of ether oxygens (including phenoxy) is 1. The minimum absolute atomic E-state index is 0.000697. The van der Waals surface area contributed by atoms with Crippen molar-refractivity contribution in [3.05, 3.63) is 48.3 Å². The lowest BCUT2D eigenvalue weighted by Gasteiger charge is -2.32. The molecule has 148 valence electrons. The van der Waals surface area contributed by atoms with Crippen molar-refractivity contribution in [3.8, 4) is 11.5 Å². The molecule has 1 N–H and O–H groups in total. The number of hydrogen-bond acceptors (Lipinski definition) is 4. The van der Waals surface area contributed by atoms with Crippen molar-refractivity contribution < 1.29 is 14.3 Å². The van der Waals surface area contributed by atoms with Gasteiger partial charge < -0.3 is 15.0 Å². The van der Waals surface area contributed by atoms with E-state index in [4.69, 9.17) is 4.74 Å². The van der Waals surface area contributed by atoms with Gasteiger partial charge in [-0.3, -0.25) is 14.6 Å². The molecule has 0 radical (unpaired) electrons. The Hall–Kier alpha value is -2.89. The molecule has 0 saturated carbocycles. The van der Waals surface area contributed by atoms with Crippen LogP contribution >= 0.6 is 0 Å². The van der Waals surface area contributed by atoms with Gasteiger partial charge in [0, 0.05) is 36.8 Å². The van der Waals surface area contributed by atoms with E-state index in [9.17, 15) is 9.59 Å². The number of carbonyl (C=O) groups is 2. The van der Waals surface area contributed by atoms with Gasteiger partial charge in [0.05, 0.1) is 6.20 Å². The number of carbonyl (C=O) groups excluding carboxylic acids is 2. The number of pyridine rings is 1. The van der Waals surface area contributed by atoms with Gasteiger partial charge in [-0.25, -0.2) is 0 Å². The van der Waals surface area contributed by atoms with Crippen molar-refractivity contribution in [1.29, 1.82) is 0 Å². The molecule has 0 unspecified atom stereocenters. The Morgan fingerprint density at radius 1 is 1.21 bits per heavy atom. The third-order valence-electron chi connectivity index (χ3n) is 4.98. The van der Waals surface area contributed by atoms with E-state index in [1.54, 1.807) is 12.4 Å². The van der Waals surface area contributed by atoms with Crippen LogP contribution in [0.15, 0.2) is 42.7 Å². The first-order chi connectivity index (χ1) is 13.4. The van der Waals surface area contributed by atoms with Gasteiger partial charge >= 0.3 is 0 Å². The summed E-state index contributed by atoms with van der Waals surface area (Å²) in [4.78, 5) is 30.6. The Bertz CT molecular complexity index is 828. The number of nitrogens with zero attached hydrogens (tertiary/aromatic N) is 2. The van der Waals surface area contributed by atoms with Gasteiger partial charge in [0.1, 0.15) is 11.5 Å². The predicted molar refractivity (Wildman–Crippen MR) is 108 cm³/mol. The smallest absolute Gasteiger partial charge is 0.227 e. The molecule has 6 heteroatoms. The van der Waals surface area contributed by atoms with Gasteiger partial charge in [-0.05, 0) is 55.7 Å². The minimum atomic E-state index is -0.0668. The molecule has 28 heavy (non-hydrogen) atoms. The highest BCUT2D eigenvalue weighted by atomic mass is 16.5. The largest absolute Gasteiger partial charge is 0.455 e. The fourth-order valence-electron chi connectivity index (χ4n) is 3.35. The van der Waals surface area contributed by atoms with Gasteiger partial charge in [-0.2, -0.15) is 0 Å². The van der Waals surface area contributed by atoms with Gasteiger partial charge in [0.25, 0.3) is 0 Å². The summed E-state index contributed by atoms with van der Waals surface area (Å²) in [6, 6.07) is 9.26. The van der Waals surface area contributed by atoms with Crippen LogP contribution < -0.4 is 10.1 Å². The fourth-order valence-corrected chi connectivity index (χ4v) is 3.35. The van der Waals surface area contributed by atoms with E-state index in [0.717, 1.165) is 17.0 Å². The summed E-state index contributed by atoms with van der Waals surface area (Å²) in [5.74, 6) is 1.51. The SMILES string of the molecule is Cc1cc(NC(=O)C2CCN(C(=O)C(C)C)CC2)ccc1Oc1cccnc1. The van der Waals surface area contributed by atoms with E-state index in [1.165, 1.54) is 0 Å². The van der Waals surface area contributed by atoms with E-state index in [2.05, 4.69) is 10.3 Å². The van der Waals surface area contributed by atoms with Gasteiger partial charge in [0.15, 0.2) is 0 Å². The van der Waals surface area contributed by atoms with Crippen molar-refractivity contribution in [2.45, 2.75) is 33.6 Å². The van der Waals surface area contributed by atoms with Crippen molar-refractivity contribution in [2.24, 2.45) is 11.8 Å². The number of benzene rings is 1. The van der Waals surface area contributed by atoms with Crippen LogP contribution in [0, 0.1) is 18.8 Å². The molecule has 0 bridgehead atoms. The van der Waals surface area contributed by atoms with E-state index >= 15 is 0 Å². The number of piperidine rings is 1. The number of aromatic nitrogens is 1. The number of hydrogen-bond donors (Lipinski definition) is 1. The van der Waals surface area contributed by atoms with Crippen LogP contribution in [0.25, 0.3) is 0 Å². The third-order valence-corrected chi connectivity index (χ3v) is 4.98. The van der Waals surface area contributed by atoms with E-state index < -0.39 is 0 Å². The molecule has 1 saturated heterocycles. The molecule has 6 nitrogen and oxygen atoms in total. The van der Waals surface area contributed by atoms with Crippen molar-refractivity contribution >= 4 is 17.5 Å². The summed E-state index contributed by atoms with van der Waals surface area (Å²) in [5, 5.41) is 3.00. The molecule has 1 aromatic heterocycles. The number of likely N-dealkylation sites (tertiary alicyclic amines) is 1. The highest BCUT2D eigenvalue weighted by Gasteiger charge is 2.28. The molecule has 3 rings (SSSR count). The summed E-state index contributed by atoms with van der Waals surface area (Å²) in [5.41, 5.74) is 1.68. The average Bonchev–Trinajstić information content (AvgIpc) is 2.70. The van der Waals surface area contributed by atoms with Gasteiger partial charge in [-0.15, -0.1) is 0 Å². The van der Waals surface area contributed by atoms with Crippen molar-refractivity contribution in [1.82, 2.24) is 9.88 Å². The maximum absolute atomic E-state index is 12.6. The molecule has 1 aromatic carbocycles. The number of anilines is 1. The highest BCUT2D eigenvalue weighted by molar-refractivity contribution is 5.93. The molecule has 1 aliphatic heterocycles. The Morgan fingerprint density at radius 3 is 2.57 bits per heavy atom. The second kappa shape index (κ2) is 8.87. The first kappa shape index (κ1) is 19.9. The summed E-state index contributed by atoms with van der Waals surface area (Å²) >= 11 is 0. The standard InChI is InChI=1S/C22H27N3O3/c1-15(2)22(27)25-11-8-17(9-12-25)21(26)24-18-6-7-20(16(3)13-18)28-19-5-4-10-23-14-19/h4-7,10,13-15,17H,8-9,11-12H2,1-3H3,(H,24,26). The lowest BCUT2D eigenvalue weighted by Crippen LogP contribution is -2.43. The van der Waals surface area contributed by atoms with Crippen LogP contribution in [0.3, 0.4) is 0 Å². The topological polar surface area (TPSA) is 71.5 Å². The molecular formula is C22H27N3O3. The minimum Gasteiger partial charge on any atom is -0.455 e. The number of nitrogens with one attached hydrogen (secondary N) is 1. The number of amides is 2. The van der Waals surface area contributed by atoms with Crippen LogP contribution in [-0.4, -0.2) is 34.8 Å². The number of aryl methyl sites for hydroxylation is 1. The van der Waals surface area contributed by atoms with Crippen LogP contribution in [0.4, 0.5) is 5.69 Å². The van der Waals surface area contributed by atoms with Gasteiger partial charge in [0.2, 0.25) is 11.8 Å². The molecule has 0 atom stereocenters. The second-order valence-corrected chi connectivity index (χ2v) is 7.51. The van der Waals surface area contributed by atoms with Crippen LogP contribution in [-0.2, 0) is 9.59 Å². The summed E-state index contributed by atoms with van der Waals surface area (Å²) in [6.07, 6.45) is 4.75. The second-order valence-electron chi connectivity index (χ2n) is 7.51. The lowest BCUT2D eigenvalue weighted by molar-refractivity contribution is -0.137. The number of rotatable bonds is 5. The zero-order chi connectivity index (χ0) is 20.1. The molecule has 2 amide bonds. The Balaban J connectivity index is 1.56. The van der Waals surface area contributed by atoms with E-state index in [-0.39, 0.29) is 23.7 Å². The molecule has 0 aliphatic carbocycles. The average molecular weight is 381 g/mol. The van der Waals surface area contributed by atoms with Crippen molar-refractivity contribution in [3.63, 3.8) is 0 Å². The molecule has 0 spiro atoms. The maximum Gasteiger partial charge on any atom is 0.227 e. The van der Waals surface area contributed by atoms with E-state index in [1.807, 2.05) is 56.0 Å². The fraction of sp³-hybridized carbons (Fsp3) is 0.409. The molecule has 2 aromatic rings. The molecule has 1 fully saturated rings. The first-order valence-electron chi connectivity index (χ1n) is 9.72. The zero-order valence-electron chi connectivity index (χ0n) is 16.6. The first-order valence-corrected chi connectivity index (χ1v) is 9.72. The Morgan fingerprint density at radius 2 is 1.96 bits per heavy atom. The maximum atomic E-state index is 12.6. The quantitative estimate of drug-likeness (QED) is 0.849. The predicted octanol–water partition coefficient (Wildman–Crippen LogP) is 4.02. The summed E-state index contributed by atoms with van der Waals surface area (Å²) in [6.45, 7) is 7.05. The third kappa shape index (κ3) is 4.88. The molecular weight excluding hydrogens is 354 g/mol. The Labute approximate surface area is 165 Å². The monoisotopic (exact) mass is 381 g/mol. The van der Waals surface area contributed by atoms with Crippen LogP contribution in [0.2, 0.25) is 0 Å². The lowest BCUT2D eigenvalue weighted by atomic mass is 9.95. The normalized spacial score (nSPS) is 14.8. The van der Waals surface area contributed by atoms with Crippen LogP contribution in [0.5, 0.6) is 11.5 Å². The van der Waals surface area contributed by atoms with Crippen LogP contribution in [0.1, 0.15) is 32.3 Å². The summed E-state index contributed by atoms with van der Waals surface area (Å²) < 4.78 is 5.83. The zero-order valence-corrected chi connectivity index (χ0v) is 16.6. The highest BCUT2D eigenvalue weighted by Crippen LogP contribution is 2.27. The molecule has 1 aliphatic rings.